The van der Waals surface area contributed by atoms with Gasteiger partial charge in [0.1, 0.15) is 15.8 Å². The second kappa shape index (κ2) is 8.94. The molecule has 0 atom stereocenters. The Hall–Kier alpha value is -2.49. The molecule has 0 aromatic carbocycles. The van der Waals surface area contributed by atoms with Crippen LogP contribution in [0.15, 0.2) is 10.7 Å². The number of ether oxygens (including phenoxy) is 3. The fourth-order valence-electron chi connectivity index (χ4n) is 1.93. The molecule has 0 unspecified atom stereocenters. The van der Waals surface area contributed by atoms with Gasteiger partial charge in [-0.2, -0.15) is 0 Å². The minimum absolute atomic E-state index is 0.115. The summed E-state index contributed by atoms with van der Waals surface area (Å²) in [6, 6.07) is 1.28. The summed E-state index contributed by atoms with van der Waals surface area (Å²) >= 11 is 3.14. The van der Waals surface area contributed by atoms with E-state index in [2.05, 4.69) is 20.9 Å². The number of pyridine rings is 1. The van der Waals surface area contributed by atoms with Crippen LogP contribution in [0.25, 0.3) is 0 Å². The van der Waals surface area contributed by atoms with Gasteiger partial charge in [-0.05, 0) is 42.8 Å². The van der Waals surface area contributed by atoms with Crippen molar-refractivity contribution in [1.29, 1.82) is 0 Å². The fourth-order valence-corrected chi connectivity index (χ4v) is 2.33. The summed E-state index contributed by atoms with van der Waals surface area (Å²) in [4.78, 5) is 53.2. The molecule has 148 valence electrons. The first-order chi connectivity index (χ1) is 12.4. The number of nitrogens with zero attached hydrogens (tertiary/aromatic N) is 2. The van der Waals surface area contributed by atoms with Crippen molar-refractivity contribution in [3.05, 3.63) is 21.8 Å². The van der Waals surface area contributed by atoms with Crippen molar-refractivity contribution in [3.63, 3.8) is 0 Å². The van der Waals surface area contributed by atoms with Gasteiger partial charge in [-0.15, -0.1) is 0 Å². The van der Waals surface area contributed by atoms with Gasteiger partial charge in [0, 0.05) is 19.5 Å². The van der Waals surface area contributed by atoms with Crippen LogP contribution in [0, 0.1) is 0 Å². The smallest absolute Gasteiger partial charge is 0.415 e. The summed E-state index contributed by atoms with van der Waals surface area (Å²) in [5, 5.41) is 0. The first-order valence-corrected chi connectivity index (χ1v) is 8.58. The molecule has 10 heteroatoms. The van der Waals surface area contributed by atoms with Gasteiger partial charge in [-0.3, -0.25) is 14.5 Å². The Morgan fingerprint density at radius 1 is 1.22 bits per heavy atom. The molecular formula is C17H21BrN2O7. The zero-order valence-electron chi connectivity index (χ0n) is 15.9. The zero-order chi connectivity index (χ0) is 20.9. The molecule has 0 spiro atoms. The van der Waals surface area contributed by atoms with Crippen LogP contribution in [0.2, 0.25) is 0 Å². The lowest BCUT2D eigenvalue weighted by molar-refractivity contribution is -0.139. The third kappa shape index (κ3) is 6.31. The van der Waals surface area contributed by atoms with E-state index in [1.807, 2.05) is 0 Å². The highest BCUT2D eigenvalue weighted by atomic mass is 79.9. The Morgan fingerprint density at radius 3 is 2.30 bits per heavy atom. The van der Waals surface area contributed by atoms with Gasteiger partial charge in [0.2, 0.25) is 5.78 Å². The third-order valence-electron chi connectivity index (χ3n) is 3.05. The third-order valence-corrected chi connectivity index (χ3v) is 3.46. The molecule has 0 fully saturated rings. The molecule has 0 saturated carbocycles. The Labute approximate surface area is 165 Å². The van der Waals surface area contributed by atoms with Crippen LogP contribution in [0.1, 0.15) is 48.4 Å². The molecule has 1 amide bonds. The summed E-state index contributed by atoms with van der Waals surface area (Å²) in [6.07, 6.45) is -0.781. The van der Waals surface area contributed by atoms with E-state index in [1.54, 1.807) is 20.8 Å². The number of ketones is 1. The lowest BCUT2D eigenvalue weighted by Crippen LogP contribution is -2.36. The normalized spacial score (nSPS) is 10.8. The number of Topliss-reactive ketones (excluding diaryl/α,β-unsaturated/α-hetero) is 1. The van der Waals surface area contributed by atoms with E-state index in [1.165, 1.54) is 13.1 Å². The van der Waals surface area contributed by atoms with E-state index >= 15 is 0 Å². The average Bonchev–Trinajstić information content (AvgIpc) is 2.55. The Bertz CT molecular complexity index is 771. The molecular weight excluding hydrogens is 424 g/mol. The number of hydrogen-bond donors (Lipinski definition) is 0. The van der Waals surface area contributed by atoms with E-state index in [4.69, 9.17) is 14.2 Å². The number of anilines is 1. The van der Waals surface area contributed by atoms with Gasteiger partial charge in [-0.1, -0.05) is 0 Å². The standard InChI is InChI=1S/C17H21BrN2O7/c1-9(21)26-8-11(22)10-7-12(18)19-14(13(10)15(23)25-6)20(5)16(24)27-17(2,3)4/h7H,8H2,1-6H3. The molecule has 27 heavy (non-hydrogen) atoms. The number of carbonyl (C=O) groups excluding carboxylic acids is 4. The van der Waals surface area contributed by atoms with Crippen LogP contribution in [0.3, 0.4) is 0 Å². The first-order valence-electron chi connectivity index (χ1n) is 7.79. The van der Waals surface area contributed by atoms with Gasteiger partial charge >= 0.3 is 18.0 Å². The van der Waals surface area contributed by atoms with Gasteiger partial charge in [-0.25, -0.2) is 14.6 Å². The number of amides is 1. The summed E-state index contributed by atoms with van der Waals surface area (Å²) in [5.41, 5.74) is -1.14. The lowest BCUT2D eigenvalue weighted by atomic mass is 10.0. The molecule has 9 nitrogen and oxygen atoms in total. The lowest BCUT2D eigenvalue weighted by Gasteiger charge is -2.25. The number of esters is 2. The number of methoxy groups -OCH3 is 1. The predicted molar refractivity (Wildman–Crippen MR) is 98.9 cm³/mol. The highest BCUT2D eigenvalue weighted by molar-refractivity contribution is 9.10. The Kier molecular flexibility index (Phi) is 7.46. The average molecular weight is 445 g/mol. The van der Waals surface area contributed by atoms with Gasteiger partial charge in [0.05, 0.1) is 7.11 Å². The van der Waals surface area contributed by atoms with E-state index < -0.39 is 36.0 Å². The second-order valence-corrected chi connectivity index (χ2v) is 7.24. The first kappa shape index (κ1) is 22.6. The molecule has 0 aliphatic carbocycles. The number of aromatic nitrogens is 1. The largest absolute Gasteiger partial charge is 0.465 e. The molecule has 1 rings (SSSR count). The minimum atomic E-state index is -0.883. The SMILES string of the molecule is COC(=O)c1c(C(=O)COC(C)=O)cc(Br)nc1N(C)C(=O)OC(C)(C)C. The quantitative estimate of drug-likeness (QED) is 0.294. The van der Waals surface area contributed by atoms with Crippen molar-refractivity contribution in [2.45, 2.75) is 33.3 Å². The number of hydrogen-bond acceptors (Lipinski definition) is 8. The molecule has 0 saturated heterocycles. The molecule has 0 aliphatic heterocycles. The molecule has 0 N–H and O–H groups in total. The minimum Gasteiger partial charge on any atom is -0.465 e. The fraction of sp³-hybridized carbons (Fsp3) is 0.471. The van der Waals surface area contributed by atoms with Crippen LogP contribution >= 0.6 is 15.9 Å². The van der Waals surface area contributed by atoms with Crippen molar-refractivity contribution in [3.8, 4) is 0 Å². The van der Waals surface area contributed by atoms with Crippen LogP contribution in [-0.4, -0.2) is 55.2 Å². The summed E-state index contributed by atoms with van der Waals surface area (Å²) in [5.74, 6) is -2.34. The summed E-state index contributed by atoms with van der Waals surface area (Å²) in [6.45, 7) is 5.62. The van der Waals surface area contributed by atoms with Crippen molar-refractivity contribution in [2.24, 2.45) is 0 Å². The topological polar surface area (TPSA) is 112 Å². The van der Waals surface area contributed by atoms with E-state index in [-0.39, 0.29) is 21.5 Å². The van der Waals surface area contributed by atoms with E-state index in [9.17, 15) is 19.2 Å². The molecule has 1 heterocycles. The van der Waals surface area contributed by atoms with Crippen LogP contribution in [0.4, 0.5) is 10.6 Å². The number of halogens is 1. The van der Waals surface area contributed by atoms with E-state index in [0.717, 1.165) is 18.9 Å². The molecule has 0 bridgehead atoms. The molecule has 1 aromatic rings. The zero-order valence-corrected chi connectivity index (χ0v) is 17.5. The van der Waals surface area contributed by atoms with Gasteiger partial charge < -0.3 is 14.2 Å². The predicted octanol–water partition coefficient (Wildman–Crippen LogP) is 2.75. The number of carbonyl (C=O) groups is 4. The summed E-state index contributed by atoms with van der Waals surface area (Å²) < 4.78 is 14.9. The van der Waals surface area contributed by atoms with Crippen LogP contribution < -0.4 is 4.90 Å². The Balaban J connectivity index is 3.46. The maximum Gasteiger partial charge on any atom is 0.415 e. The van der Waals surface area contributed by atoms with Crippen LogP contribution in [-0.2, 0) is 19.0 Å². The van der Waals surface area contributed by atoms with Crippen molar-refractivity contribution in [2.75, 3.05) is 25.7 Å². The summed E-state index contributed by atoms with van der Waals surface area (Å²) in [7, 11) is 2.47. The van der Waals surface area contributed by atoms with Gasteiger partial charge in [0.25, 0.3) is 0 Å². The molecule has 0 aliphatic rings. The highest BCUT2D eigenvalue weighted by Crippen LogP contribution is 2.27. The molecule has 0 radical (unpaired) electrons. The second-order valence-electron chi connectivity index (χ2n) is 6.43. The monoisotopic (exact) mass is 444 g/mol. The highest BCUT2D eigenvalue weighted by Gasteiger charge is 2.30. The van der Waals surface area contributed by atoms with Crippen molar-refractivity contribution >= 4 is 45.6 Å². The van der Waals surface area contributed by atoms with Crippen molar-refractivity contribution < 1.29 is 33.4 Å². The van der Waals surface area contributed by atoms with Gasteiger partial charge in [0.15, 0.2) is 12.4 Å². The number of rotatable bonds is 5. The maximum absolute atomic E-state index is 12.4. The maximum atomic E-state index is 12.4. The van der Waals surface area contributed by atoms with E-state index in [0.29, 0.717) is 0 Å². The molecule has 1 aromatic heterocycles. The van der Waals surface area contributed by atoms with Crippen LogP contribution in [0.5, 0.6) is 0 Å². The van der Waals surface area contributed by atoms with Crippen molar-refractivity contribution in [1.82, 2.24) is 4.98 Å². The Morgan fingerprint density at radius 2 is 1.81 bits per heavy atom.